The molecule has 0 aliphatic carbocycles. The molecule has 0 bridgehead atoms. The minimum atomic E-state index is -1.23. The van der Waals surface area contributed by atoms with Crippen molar-refractivity contribution in [3.63, 3.8) is 0 Å². The van der Waals surface area contributed by atoms with Crippen LogP contribution >= 0.6 is 0 Å². The van der Waals surface area contributed by atoms with Gasteiger partial charge in [0.25, 0.3) is 0 Å². The lowest BCUT2D eigenvalue weighted by molar-refractivity contribution is -0.332. The van der Waals surface area contributed by atoms with Gasteiger partial charge < -0.3 is 29.5 Å². The summed E-state index contributed by atoms with van der Waals surface area (Å²) < 4.78 is 14.7. The zero-order valence-corrected chi connectivity index (χ0v) is 7.29. The lowest BCUT2D eigenvalue weighted by Crippen LogP contribution is -2.49. The summed E-state index contributed by atoms with van der Waals surface area (Å²) in [6.07, 6.45) is -3.83. The van der Waals surface area contributed by atoms with Gasteiger partial charge in [-0.25, -0.2) is 0 Å². The lowest BCUT2D eigenvalue weighted by atomic mass is 10.2. The summed E-state index contributed by atoms with van der Waals surface area (Å²) in [5.41, 5.74) is 0. The van der Waals surface area contributed by atoms with Crippen LogP contribution in [0.4, 0.5) is 0 Å². The van der Waals surface area contributed by atoms with Gasteiger partial charge in [-0.1, -0.05) is 0 Å². The molecule has 78 valence electrons. The van der Waals surface area contributed by atoms with Crippen LogP contribution in [-0.2, 0) is 14.2 Å². The molecule has 0 aromatic rings. The number of ether oxygens (including phenoxy) is 3. The normalized spacial score (nSPS) is 37.4. The van der Waals surface area contributed by atoms with Crippen LogP contribution in [-0.4, -0.2) is 60.4 Å². The van der Waals surface area contributed by atoms with E-state index in [1.807, 2.05) is 0 Å². The molecule has 6 nitrogen and oxygen atoms in total. The zero-order chi connectivity index (χ0) is 9.84. The minimum Gasteiger partial charge on any atom is -0.394 e. The van der Waals surface area contributed by atoms with Crippen LogP contribution in [0.2, 0.25) is 0 Å². The van der Waals surface area contributed by atoms with Gasteiger partial charge in [0, 0.05) is 7.11 Å². The molecule has 4 atom stereocenters. The van der Waals surface area contributed by atoms with E-state index < -0.39 is 31.4 Å². The van der Waals surface area contributed by atoms with Crippen molar-refractivity contribution in [3.05, 3.63) is 0 Å². The van der Waals surface area contributed by atoms with Crippen LogP contribution in [0.3, 0.4) is 0 Å². The molecular formula is C7H14O6. The Morgan fingerprint density at radius 1 is 1.62 bits per heavy atom. The summed E-state index contributed by atoms with van der Waals surface area (Å²) in [6, 6.07) is 0. The Bertz CT molecular complexity index is 152. The molecule has 1 saturated heterocycles. The number of hydrogen-bond donors (Lipinski definition) is 3. The summed E-state index contributed by atoms with van der Waals surface area (Å²) in [6.45, 7) is -0.351. The predicted molar refractivity (Wildman–Crippen MR) is 40.7 cm³/mol. The Morgan fingerprint density at radius 3 is 2.77 bits per heavy atom. The molecule has 1 fully saturated rings. The molecule has 1 heterocycles. The lowest BCUT2D eigenvalue weighted by Gasteiger charge is -2.34. The van der Waals surface area contributed by atoms with Gasteiger partial charge >= 0.3 is 0 Å². The minimum absolute atomic E-state index is 0.0806. The molecule has 0 amide bonds. The van der Waals surface area contributed by atoms with Crippen LogP contribution in [0.1, 0.15) is 0 Å². The first-order valence-corrected chi connectivity index (χ1v) is 3.96. The van der Waals surface area contributed by atoms with Gasteiger partial charge in [-0.2, -0.15) is 0 Å². The van der Waals surface area contributed by atoms with Crippen molar-refractivity contribution in [2.24, 2.45) is 0 Å². The Balaban J connectivity index is 2.40. The van der Waals surface area contributed by atoms with E-state index in [9.17, 15) is 5.11 Å². The topological polar surface area (TPSA) is 88.4 Å². The molecule has 13 heavy (non-hydrogen) atoms. The monoisotopic (exact) mass is 194 g/mol. The van der Waals surface area contributed by atoms with Crippen molar-refractivity contribution < 1.29 is 29.5 Å². The van der Waals surface area contributed by atoms with E-state index in [1.165, 1.54) is 7.11 Å². The summed E-state index contributed by atoms with van der Waals surface area (Å²) >= 11 is 0. The fourth-order valence-corrected chi connectivity index (χ4v) is 1.06. The van der Waals surface area contributed by atoms with Gasteiger partial charge in [0.05, 0.1) is 13.2 Å². The highest BCUT2D eigenvalue weighted by atomic mass is 16.8. The van der Waals surface area contributed by atoms with Gasteiger partial charge in [0.15, 0.2) is 0 Å². The van der Waals surface area contributed by atoms with Crippen molar-refractivity contribution in [1.29, 1.82) is 0 Å². The van der Waals surface area contributed by atoms with Gasteiger partial charge in [0.2, 0.25) is 12.6 Å². The predicted octanol–water partition coefficient (Wildman–Crippen LogP) is -1.95. The Hall–Kier alpha value is -0.240. The second-order valence-corrected chi connectivity index (χ2v) is 2.75. The smallest absolute Gasteiger partial charge is 0.209 e. The summed E-state index contributed by atoms with van der Waals surface area (Å²) in [5.74, 6) is 0. The van der Waals surface area contributed by atoms with E-state index in [0.29, 0.717) is 0 Å². The molecule has 1 rings (SSSR count). The van der Waals surface area contributed by atoms with Crippen LogP contribution in [0.5, 0.6) is 0 Å². The fraction of sp³-hybridized carbons (Fsp3) is 1.00. The number of aliphatic hydroxyl groups is 3. The molecule has 0 aromatic carbocycles. The Morgan fingerprint density at radius 2 is 2.31 bits per heavy atom. The van der Waals surface area contributed by atoms with E-state index in [0.717, 1.165) is 0 Å². The van der Waals surface area contributed by atoms with Crippen molar-refractivity contribution >= 4 is 0 Å². The molecule has 0 radical (unpaired) electrons. The third-order valence-electron chi connectivity index (χ3n) is 1.82. The molecule has 0 aromatic heterocycles. The summed E-state index contributed by atoms with van der Waals surface area (Å²) in [5, 5.41) is 27.0. The molecular weight excluding hydrogens is 180 g/mol. The third kappa shape index (κ3) is 2.60. The Labute approximate surface area is 75.6 Å². The third-order valence-corrected chi connectivity index (χ3v) is 1.82. The number of rotatable bonds is 3. The molecule has 6 heteroatoms. The van der Waals surface area contributed by atoms with Crippen LogP contribution in [0.25, 0.3) is 0 Å². The highest BCUT2D eigenvalue weighted by Crippen LogP contribution is 2.15. The van der Waals surface area contributed by atoms with E-state index in [-0.39, 0.29) is 6.61 Å². The van der Waals surface area contributed by atoms with Crippen molar-refractivity contribution in [2.75, 3.05) is 20.3 Å². The van der Waals surface area contributed by atoms with E-state index in [1.54, 1.807) is 0 Å². The second-order valence-electron chi connectivity index (χ2n) is 2.75. The van der Waals surface area contributed by atoms with E-state index in [4.69, 9.17) is 24.4 Å². The standard InChI is InChI=1S/C7H14O6/c1-11-7-6(10)13-5(3-12-7)4(9)2-8/h4-10H,2-3H2,1H3. The Kier molecular flexibility index (Phi) is 4.04. The molecule has 4 unspecified atom stereocenters. The maximum absolute atomic E-state index is 9.22. The van der Waals surface area contributed by atoms with E-state index in [2.05, 4.69) is 0 Å². The first-order valence-electron chi connectivity index (χ1n) is 3.96. The van der Waals surface area contributed by atoms with Crippen LogP contribution < -0.4 is 0 Å². The average Bonchev–Trinajstić information content (AvgIpc) is 2.16. The quantitative estimate of drug-likeness (QED) is 0.484. The van der Waals surface area contributed by atoms with Crippen LogP contribution in [0.15, 0.2) is 0 Å². The van der Waals surface area contributed by atoms with E-state index >= 15 is 0 Å². The maximum Gasteiger partial charge on any atom is 0.209 e. The number of hydrogen-bond acceptors (Lipinski definition) is 6. The first-order chi connectivity index (χ1) is 6.19. The maximum atomic E-state index is 9.22. The SMILES string of the molecule is COC1OCC(C(O)CO)OC1O. The fourth-order valence-electron chi connectivity index (χ4n) is 1.06. The van der Waals surface area contributed by atoms with Gasteiger partial charge in [-0.3, -0.25) is 0 Å². The van der Waals surface area contributed by atoms with Crippen molar-refractivity contribution in [2.45, 2.75) is 24.8 Å². The molecule has 0 spiro atoms. The summed E-state index contributed by atoms with van der Waals surface area (Å²) in [4.78, 5) is 0. The summed E-state index contributed by atoms with van der Waals surface area (Å²) in [7, 11) is 1.38. The average molecular weight is 194 g/mol. The van der Waals surface area contributed by atoms with Gasteiger partial charge in [-0.05, 0) is 0 Å². The van der Waals surface area contributed by atoms with Gasteiger partial charge in [-0.15, -0.1) is 0 Å². The highest BCUT2D eigenvalue weighted by molar-refractivity contribution is 4.72. The van der Waals surface area contributed by atoms with Crippen LogP contribution in [0, 0.1) is 0 Å². The van der Waals surface area contributed by atoms with Crippen molar-refractivity contribution in [3.8, 4) is 0 Å². The molecule has 0 saturated carbocycles. The first kappa shape index (κ1) is 10.8. The molecule has 3 N–H and O–H groups in total. The second kappa shape index (κ2) is 4.85. The number of aliphatic hydroxyl groups excluding tert-OH is 3. The molecule has 1 aliphatic rings. The molecule has 1 aliphatic heterocycles. The number of methoxy groups -OCH3 is 1. The zero-order valence-electron chi connectivity index (χ0n) is 7.29. The highest BCUT2D eigenvalue weighted by Gasteiger charge is 2.33. The van der Waals surface area contributed by atoms with Crippen molar-refractivity contribution in [1.82, 2.24) is 0 Å². The largest absolute Gasteiger partial charge is 0.394 e. The van der Waals surface area contributed by atoms with Gasteiger partial charge in [0.1, 0.15) is 12.2 Å².